The van der Waals surface area contributed by atoms with E-state index >= 15 is 0 Å². The predicted molar refractivity (Wildman–Crippen MR) is 124 cm³/mol. The van der Waals surface area contributed by atoms with Gasteiger partial charge in [-0.1, -0.05) is 23.8 Å². The Morgan fingerprint density at radius 3 is 2.19 bits per heavy atom. The molecule has 8 nitrogen and oxygen atoms in total. The zero-order valence-electron chi connectivity index (χ0n) is 20.8. The Morgan fingerprint density at radius 1 is 1.09 bits per heavy atom. The van der Waals surface area contributed by atoms with Crippen molar-refractivity contribution in [1.82, 2.24) is 15.5 Å². The Balaban J connectivity index is 3.37. The highest BCUT2D eigenvalue weighted by molar-refractivity contribution is 5.92. The molecule has 0 spiro atoms. The predicted octanol–water partition coefficient (Wildman–Crippen LogP) is 2.99. The number of carbonyl (C=O) groups excluding carboxylic acids is 3. The summed E-state index contributed by atoms with van der Waals surface area (Å²) in [6.45, 7) is 15.6. The van der Waals surface area contributed by atoms with Crippen LogP contribution in [0.1, 0.15) is 71.2 Å². The molecule has 0 fully saturated rings. The van der Waals surface area contributed by atoms with Crippen molar-refractivity contribution in [3.63, 3.8) is 0 Å². The van der Waals surface area contributed by atoms with Crippen LogP contribution in [0.2, 0.25) is 0 Å². The number of aryl methyl sites for hydroxylation is 2. The summed E-state index contributed by atoms with van der Waals surface area (Å²) in [5, 5.41) is 15.2. The second kappa shape index (κ2) is 10.8. The molecule has 0 bridgehead atoms. The lowest BCUT2D eigenvalue weighted by Crippen LogP contribution is -2.54. The normalized spacial score (nSPS) is 13.7. The first kappa shape index (κ1) is 27.4. The molecule has 0 aliphatic rings. The molecule has 0 radical (unpaired) electrons. The number of aliphatic hydroxyl groups excluding tert-OH is 1. The van der Waals surface area contributed by atoms with E-state index in [1.165, 1.54) is 11.8 Å². The summed E-state index contributed by atoms with van der Waals surface area (Å²) in [6, 6.07) is 3.75. The Bertz CT molecular complexity index is 824. The van der Waals surface area contributed by atoms with Gasteiger partial charge in [-0.05, 0) is 73.4 Å². The van der Waals surface area contributed by atoms with Crippen LogP contribution in [0.3, 0.4) is 0 Å². The van der Waals surface area contributed by atoms with E-state index in [4.69, 9.17) is 4.74 Å². The van der Waals surface area contributed by atoms with Gasteiger partial charge in [0.05, 0.1) is 6.61 Å². The van der Waals surface area contributed by atoms with Crippen molar-refractivity contribution in [3.8, 4) is 0 Å². The zero-order chi connectivity index (χ0) is 24.9. The molecule has 0 saturated carbocycles. The number of nitrogens with zero attached hydrogens (tertiary/aromatic N) is 1. The van der Waals surface area contributed by atoms with Crippen LogP contribution in [0.25, 0.3) is 0 Å². The van der Waals surface area contributed by atoms with E-state index < -0.39 is 35.2 Å². The fraction of sp³-hybridized carbons (Fsp3) is 0.625. The Labute approximate surface area is 191 Å². The van der Waals surface area contributed by atoms with Crippen LogP contribution in [-0.2, 0) is 14.3 Å². The molecule has 1 aromatic carbocycles. The van der Waals surface area contributed by atoms with Crippen molar-refractivity contribution in [1.29, 1.82) is 0 Å². The summed E-state index contributed by atoms with van der Waals surface area (Å²) in [6.07, 6.45) is -0.732. The number of amides is 3. The molecule has 8 heteroatoms. The monoisotopic (exact) mass is 449 g/mol. The summed E-state index contributed by atoms with van der Waals surface area (Å²) in [5.74, 6) is -0.864. The first-order chi connectivity index (χ1) is 14.6. The molecule has 0 aromatic heterocycles. The molecule has 3 amide bonds. The highest BCUT2D eigenvalue weighted by Gasteiger charge is 2.36. The number of aliphatic hydroxyl groups is 1. The van der Waals surface area contributed by atoms with Crippen LogP contribution >= 0.6 is 0 Å². The lowest BCUT2D eigenvalue weighted by molar-refractivity contribution is -0.143. The quantitative estimate of drug-likeness (QED) is 0.593. The standard InChI is InChI=1S/C24H39N3O5/c1-15-10-11-16(2)18(14-15)19(20(29)26-23(4,5)6)27(12-13-28)21(30)17(3)25-22(31)32-24(7,8)9/h10-11,14,17,19,28H,12-13H2,1-9H3,(H,25,31)(H,26,29). The molecule has 32 heavy (non-hydrogen) atoms. The zero-order valence-corrected chi connectivity index (χ0v) is 20.8. The van der Waals surface area contributed by atoms with E-state index in [9.17, 15) is 19.5 Å². The van der Waals surface area contributed by atoms with Gasteiger partial charge in [-0.2, -0.15) is 0 Å². The minimum Gasteiger partial charge on any atom is -0.444 e. The molecule has 1 rings (SSSR count). The van der Waals surface area contributed by atoms with Gasteiger partial charge < -0.3 is 25.4 Å². The average Bonchev–Trinajstić information content (AvgIpc) is 2.60. The smallest absolute Gasteiger partial charge is 0.408 e. The Hall–Kier alpha value is -2.61. The van der Waals surface area contributed by atoms with E-state index in [2.05, 4.69) is 10.6 Å². The second-order valence-electron chi connectivity index (χ2n) is 10.1. The number of hydrogen-bond donors (Lipinski definition) is 3. The van der Waals surface area contributed by atoms with Crippen LogP contribution < -0.4 is 10.6 Å². The van der Waals surface area contributed by atoms with E-state index in [0.29, 0.717) is 5.56 Å². The van der Waals surface area contributed by atoms with Crippen molar-refractivity contribution >= 4 is 17.9 Å². The largest absolute Gasteiger partial charge is 0.444 e. The molecule has 0 saturated heterocycles. The van der Waals surface area contributed by atoms with Gasteiger partial charge in [0.25, 0.3) is 0 Å². The Morgan fingerprint density at radius 2 is 1.69 bits per heavy atom. The van der Waals surface area contributed by atoms with Crippen LogP contribution in [-0.4, -0.2) is 58.2 Å². The Kier molecular flexibility index (Phi) is 9.26. The van der Waals surface area contributed by atoms with Gasteiger partial charge in [-0.25, -0.2) is 4.79 Å². The number of nitrogens with one attached hydrogen (secondary N) is 2. The number of hydrogen-bond acceptors (Lipinski definition) is 5. The SMILES string of the molecule is Cc1ccc(C)c(C(C(=O)NC(C)(C)C)N(CCO)C(=O)C(C)NC(=O)OC(C)(C)C)c1. The lowest BCUT2D eigenvalue weighted by Gasteiger charge is -2.35. The first-order valence-electron chi connectivity index (χ1n) is 10.9. The van der Waals surface area contributed by atoms with Crippen LogP contribution in [0, 0.1) is 13.8 Å². The van der Waals surface area contributed by atoms with Gasteiger partial charge in [0.1, 0.15) is 17.7 Å². The van der Waals surface area contributed by atoms with Crippen molar-refractivity contribution < 1.29 is 24.2 Å². The van der Waals surface area contributed by atoms with Gasteiger partial charge in [-0.3, -0.25) is 9.59 Å². The molecule has 180 valence electrons. The molecule has 2 unspecified atom stereocenters. The molecule has 0 aliphatic carbocycles. The van der Waals surface area contributed by atoms with Crippen molar-refractivity contribution in [2.45, 2.75) is 85.5 Å². The maximum absolute atomic E-state index is 13.4. The molecular formula is C24H39N3O5. The highest BCUT2D eigenvalue weighted by atomic mass is 16.6. The lowest BCUT2D eigenvalue weighted by atomic mass is 9.95. The minimum atomic E-state index is -0.975. The summed E-state index contributed by atoms with van der Waals surface area (Å²) < 4.78 is 5.24. The molecular weight excluding hydrogens is 410 g/mol. The summed E-state index contributed by atoms with van der Waals surface area (Å²) in [7, 11) is 0. The highest BCUT2D eigenvalue weighted by Crippen LogP contribution is 2.27. The first-order valence-corrected chi connectivity index (χ1v) is 10.9. The topological polar surface area (TPSA) is 108 Å². The third-order valence-electron chi connectivity index (χ3n) is 4.52. The van der Waals surface area contributed by atoms with Gasteiger partial charge in [0, 0.05) is 12.1 Å². The third kappa shape index (κ3) is 8.49. The van der Waals surface area contributed by atoms with Crippen molar-refractivity contribution in [2.75, 3.05) is 13.2 Å². The van der Waals surface area contributed by atoms with Crippen LogP contribution in [0.5, 0.6) is 0 Å². The number of carbonyl (C=O) groups is 3. The maximum Gasteiger partial charge on any atom is 0.408 e. The van der Waals surface area contributed by atoms with Crippen LogP contribution in [0.15, 0.2) is 18.2 Å². The average molecular weight is 450 g/mol. The number of ether oxygens (including phenoxy) is 1. The van der Waals surface area contributed by atoms with Crippen molar-refractivity contribution in [3.05, 3.63) is 34.9 Å². The maximum atomic E-state index is 13.4. The van der Waals surface area contributed by atoms with E-state index in [0.717, 1.165) is 11.1 Å². The van der Waals surface area contributed by atoms with Gasteiger partial charge >= 0.3 is 6.09 Å². The molecule has 2 atom stereocenters. The fourth-order valence-electron chi connectivity index (χ4n) is 3.21. The molecule has 0 aliphatic heterocycles. The van der Waals surface area contributed by atoms with Gasteiger partial charge in [0.2, 0.25) is 11.8 Å². The van der Waals surface area contributed by atoms with E-state index in [-0.39, 0.29) is 19.1 Å². The van der Waals surface area contributed by atoms with Crippen molar-refractivity contribution in [2.24, 2.45) is 0 Å². The molecule has 3 N–H and O–H groups in total. The van der Waals surface area contributed by atoms with E-state index in [1.807, 2.05) is 52.8 Å². The number of rotatable bonds is 7. The number of benzene rings is 1. The van der Waals surface area contributed by atoms with Gasteiger partial charge in [0.15, 0.2) is 0 Å². The molecule has 0 heterocycles. The van der Waals surface area contributed by atoms with Crippen LogP contribution in [0.4, 0.5) is 4.79 Å². The number of alkyl carbamates (subject to hydrolysis) is 1. The summed E-state index contributed by atoms with van der Waals surface area (Å²) in [5.41, 5.74) is 1.20. The van der Waals surface area contributed by atoms with Gasteiger partial charge in [-0.15, -0.1) is 0 Å². The second-order valence-corrected chi connectivity index (χ2v) is 10.1. The van der Waals surface area contributed by atoms with E-state index in [1.54, 1.807) is 20.8 Å². The fourth-order valence-corrected chi connectivity index (χ4v) is 3.21. The summed E-state index contributed by atoms with van der Waals surface area (Å²) in [4.78, 5) is 40.2. The molecule has 1 aromatic rings. The summed E-state index contributed by atoms with van der Waals surface area (Å²) >= 11 is 0. The minimum absolute atomic E-state index is 0.0746. The third-order valence-corrected chi connectivity index (χ3v) is 4.52.